The third-order valence-corrected chi connectivity index (χ3v) is 2.98. The van der Waals surface area contributed by atoms with Crippen molar-refractivity contribution < 1.29 is 9.53 Å². The molecule has 1 aliphatic rings. The Morgan fingerprint density at radius 1 is 1.40 bits per heavy atom. The monoisotopic (exact) mass is 213 g/mol. The van der Waals surface area contributed by atoms with Crippen molar-refractivity contribution in [3.05, 3.63) is 0 Å². The lowest BCUT2D eigenvalue weighted by Crippen LogP contribution is -2.41. The lowest BCUT2D eigenvalue weighted by atomic mass is 9.78. The summed E-state index contributed by atoms with van der Waals surface area (Å²) in [4.78, 5) is 12.2. The summed E-state index contributed by atoms with van der Waals surface area (Å²) < 4.78 is 5.64. The van der Waals surface area contributed by atoms with E-state index in [1.807, 2.05) is 27.7 Å². The summed E-state index contributed by atoms with van der Waals surface area (Å²) >= 11 is 0. The molecule has 88 valence electrons. The number of carbonyl (C=O) groups is 1. The van der Waals surface area contributed by atoms with E-state index in [2.05, 4.69) is 5.32 Å². The van der Waals surface area contributed by atoms with Crippen LogP contribution in [0, 0.1) is 11.3 Å². The topological polar surface area (TPSA) is 38.3 Å². The van der Waals surface area contributed by atoms with Crippen molar-refractivity contribution in [2.45, 2.75) is 40.2 Å². The minimum absolute atomic E-state index is 0.0978. The van der Waals surface area contributed by atoms with Gasteiger partial charge in [0.1, 0.15) is 5.78 Å². The highest BCUT2D eigenvalue weighted by atomic mass is 16.5. The maximum atomic E-state index is 12.2. The van der Waals surface area contributed by atoms with Crippen molar-refractivity contribution in [2.75, 3.05) is 19.7 Å². The second-order valence-corrected chi connectivity index (χ2v) is 5.09. The molecule has 1 unspecified atom stereocenters. The van der Waals surface area contributed by atoms with Crippen molar-refractivity contribution in [3.8, 4) is 0 Å². The first-order valence-electron chi connectivity index (χ1n) is 5.84. The molecular weight excluding hydrogens is 190 g/mol. The van der Waals surface area contributed by atoms with Gasteiger partial charge in [0.25, 0.3) is 0 Å². The predicted molar refractivity (Wildman–Crippen MR) is 60.9 cm³/mol. The fraction of sp³-hybridized carbons (Fsp3) is 0.917. The minimum Gasteiger partial charge on any atom is -0.378 e. The smallest absolute Gasteiger partial charge is 0.145 e. The van der Waals surface area contributed by atoms with Gasteiger partial charge in [-0.2, -0.15) is 0 Å². The highest BCUT2D eigenvalue weighted by Gasteiger charge is 2.42. The Balaban J connectivity index is 2.66. The highest BCUT2D eigenvalue weighted by molar-refractivity contribution is 5.87. The van der Waals surface area contributed by atoms with Gasteiger partial charge in [0.05, 0.1) is 18.1 Å². The molecule has 0 spiro atoms. The van der Waals surface area contributed by atoms with Crippen LogP contribution in [-0.4, -0.2) is 31.6 Å². The van der Waals surface area contributed by atoms with Crippen LogP contribution < -0.4 is 5.32 Å². The van der Waals surface area contributed by atoms with Crippen LogP contribution in [0.3, 0.4) is 0 Å². The summed E-state index contributed by atoms with van der Waals surface area (Å²) in [6.45, 7) is 10.2. The number of hydrogen-bond donors (Lipinski definition) is 1. The van der Waals surface area contributed by atoms with Crippen molar-refractivity contribution in [1.29, 1.82) is 0 Å². The molecule has 1 heterocycles. The average molecular weight is 213 g/mol. The molecule has 1 rings (SSSR count). The van der Waals surface area contributed by atoms with E-state index < -0.39 is 0 Å². The van der Waals surface area contributed by atoms with Gasteiger partial charge in [-0.3, -0.25) is 4.79 Å². The lowest BCUT2D eigenvalue weighted by molar-refractivity contribution is -0.135. The first kappa shape index (κ1) is 12.7. The normalized spacial score (nSPS) is 26.5. The van der Waals surface area contributed by atoms with Crippen molar-refractivity contribution in [1.82, 2.24) is 5.32 Å². The van der Waals surface area contributed by atoms with E-state index in [1.54, 1.807) is 0 Å². The number of ether oxygens (including phenoxy) is 1. The molecule has 3 nitrogen and oxygen atoms in total. The zero-order chi connectivity index (χ0) is 11.5. The molecule has 0 aliphatic carbocycles. The average Bonchev–Trinajstić information content (AvgIpc) is 2.63. The zero-order valence-electron chi connectivity index (χ0n) is 10.3. The number of rotatable bonds is 5. The molecule has 0 aromatic rings. The quantitative estimate of drug-likeness (QED) is 0.754. The third-order valence-electron chi connectivity index (χ3n) is 2.98. The molecule has 0 bridgehead atoms. The Hall–Kier alpha value is -0.410. The molecule has 0 aromatic heterocycles. The third kappa shape index (κ3) is 3.02. The van der Waals surface area contributed by atoms with Crippen LogP contribution in [0.25, 0.3) is 0 Å². The summed E-state index contributed by atoms with van der Waals surface area (Å²) in [5, 5.41) is 3.27. The van der Waals surface area contributed by atoms with E-state index in [0.717, 1.165) is 19.5 Å². The molecule has 3 heteroatoms. The molecule has 0 aromatic carbocycles. The zero-order valence-corrected chi connectivity index (χ0v) is 10.3. The predicted octanol–water partition coefficient (Wildman–Crippen LogP) is 1.62. The Morgan fingerprint density at radius 3 is 2.47 bits per heavy atom. The Morgan fingerprint density at radius 2 is 2.07 bits per heavy atom. The number of carbonyl (C=O) groups excluding carboxylic acids is 1. The summed E-state index contributed by atoms with van der Waals surface area (Å²) in [6.07, 6.45) is 1.11. The van der Waals surface area contributed by atoms with E-state index in [0.29, 0.717) is 12.4 Å². The lowest BCUT2D eigenvalue weighted by Gasteiger charge is -2.29. The van der Waals surface area contributed by atoms with Gasteiger partial charge in [-0.1, -0.05) is 13.8 Å². The molecule has 1 N–H and O–H groups in total. The van der Waals surface area contributed by atoms with Crippen molar-refractivity contribution in [3.63, 3.8) is 0 Å². The Labute approximate surface area is 92.6 Å². The van der Waals surface area contributed by atoms with Gasteiger partial charge in [-0.15, -0.1) is 0 Å². The summed E-state index contributed by atoms with van der Waals surface area (Å²) in [5.74, 6) is 0.439. The first-order valence-corrected chi connectivity index (χ1v) is 5.84. The molecule has 15 heavy (non-hydrogen) atoms. The summed E-state index contributed by atoms with van der Waals surface area (Å²) in [7, 11) is 0. The molecule has 1 atom stereocenters. The van der Waals surface area contributed by atoms with Crippen LogP contribution in [0.1, 0.15) is 34.1 Å². The molecule has 0 amide bonds. The maximum absolute atomic E-state index is 12.2. The number of Topliss-reactive ketones (excluding diaryl/α,β-unsaturated/α-hetero) is 1. The van der Waals surface area contributed by atoms with Crippen LogP contribution >= 0.6 is 0 Å². The van der Waals surface area contributed by atoms with E-state index >= 15 is 0 Å². The number of hydrogen-bond acceptors (Lipinski definition) is 3. The molecule has 1 aliphatic heterocycles. The van der Waals surface area contributed by atoms with E-state index in [9.17, 15) is 4.79 Å². The fourth-order valence-corrected chi connectivity index (χ4v) is 2.09. The Kier molecular flexibility index (Phi) is 4.29. The maximum Gasteiger partial charge on any atom is 0.145 e. The van der Waals surface area contributed by atoms with Gasteiger partial charge in [0.15, 0.2) is 0 Å². The Bertz CT molecular complexity index is 218. The SMILES string of the molecule is CC(C)OCC1(C(=O)C(C)C)CCNC1. The molecule has 1 fully saturated rings. The molecule has 1 saturated heterocycles. The number of ketones is 1. The van der Waals surface area contributed by atoms with E-state index in [-0.39, 0.29) is 17.4 Å². The van der Waals surface area contributed by atoms with Crippen molar-refractivity contribution in [2.24, 2.45) is 11.3 Å². The largest absolute Gasteiger partial charge is 0.378 e. The summed E-state index contributed by atoms with van der Waals surface area (Å²) in [6, 6.07) is 0. The van der Waals surface area contributed by atoms with E-state index in [1.165, 1.54) is 0 Å². The second-order valence-electron chi connectivity index (χ2n) is 5.09. The number of nitrogens with one attached hydrogen (secondary N) is 1. The molecule has 0 radical (unpaired) electrons. The standard InChI is InChI=1S/C12H23NO2/c1-9(2)11(14)12(5-6-13-7-12)8-15-10(3)4/h9-10,13H,5-8H2,1-4H3. The molecular formula is C12H23NO2. The van der Waals surface area contributed by atoms with Crippen LogP contribution in [0.15, 0.2) is 0 Å². The summed E-state index contributed by atoms with van der Waals surface area (Å²) in [5.41, 5.74) is -0.265. The van der Waals surface area contributed by atoms with Crippen LogP contribution in [-0.2, 0) is 9.53 Å². The minimum atomic E-state index is -0.265. The fourth-order valence-electron chi connectivity index (χ4n) is 2.09. The molecule has 0 saturated carbocycles. The van der Waals surface area contributed by atoms with Gasteiger partial charge < -0.3 is 10.1 Å². The van der Waals surface area contributed by atoms with Gasteiger partial charge in [0.2, 0.25) is 0 Å². The van der Waals surface area contributed by atoms with Crippen LogP contribution in [0.2, 0.25) is 0 Å². The van der Waals surface area contributed by atoms with Gasteiger partial charge >= 0.3 is 0 Å². The van der Waals surface area contributed by atoms with Crippen molar-refractivity contribution >= 4 is 5.78 Å². The highest BCUT2D eigenvalue weighted by Crippen LogP contribution is 2.30. The van der Waals surface area contributed by atoms with Crippen LogP contribution in [0.5, 0.6) is 0 Å². The van der Waals surface area contributed by atoms with Crippen LogP contribution in [0.4, 0.5) is 0 Å². The first-order chi connectivity index (χ1) is 6.98. The van der Waals surface area contributed by atoms with Gasteiger partial charge in [-0.05, 0) is 26.8 Å². The van der Waals surface area contributed by atoms with Gasteiger partial charge in [-0.25, -0.2) is 0 Å². The second kappa shape index (κ2) is 5.08. The van der Waals surface area contributed by atoms with Gasteiger partial charge in [0, 0.05) is 12.5 Å². The van der Waals surface area contributed by atoms with E-state index in [4.69, 9.17) is 4.74 Å².